The molecule has 2 aromatic carbocycles. The van der Waals surface area contributed by atoms with Gasteiger partial charge in [-0.1, -0.05) is 42.5 Å². The Morgan fingerprint density at radius 2 is 1.83 bits per heavy atom. The third kappa shape index (κ3) is 7.94. The Hall–Kier alpha value is -4.52. The predicted molar refractivity (Wildman–Crippen MR) is 194 cm³/mol. The topological polar surface area (TPSA) is 144 Å². The number of likely N-dealkylation sites (tertiary alicyclic amines) is 1. The number of nitrogens with one attached hydrogen (secondary N) is 1. The molecule has 5 rings (SSSR count). The lowest BCUT2D eigenvalue weighted by Crippen LogP contribution is -2.56. The molecule has 2 aromatic rings. The number of unbranched alkanes of at least 4 members (excludes halogenated alkanes) is 2. The van der Waals surface area contributed by atoms with Crippen molar-refractivity contribution in [3.05, 3.63) is 85.5 Å². The number of methoxy groups -OCH3 is 2. The van der Waals surface area contributed by atoms with Crippen LogP contribution in [-0.2, 0) is 33.4 Å². The van der Waals surface area contributed by atoms with Crippen LogP contribution >= 0.6 is 0 Å². The van der Waals surface area contributed by atoms with Crippen LogP contribution in [0.3, 0.4) is 0 Å². The van der Waals surface area contributed by atoms with Gasteiger partial charge in [0.05, 0.1) is 37.7 Å². The molecule has 12 nitrogen and oxygen atoms in total. The lowest BCUT2D eigenvalue weighted by Gasteiger charge is -2.37. The fraction of sp³-hybridized carbons (Fsp3) is 0.500. The summed E-state index contributed by atoms with van der Waals surface area (Å²) in [5, 5.41) is 12.4. The van der Waals surface area contributed by atoms with Gasteiger partial charge in [0.15, 0.2) is 0 Å². The van der Waals surface area contributed by atoms with E-state index in [2.05, 4.69) is 18.5 Å². The predicted octanol–water partition coefficient (Wildman–Crippen LogP) is 4.13. The number of fused-ring (bicyclic) bond motifs is 1. The molecule has 3 aliphatic rings. The van der Waals surface area contributed by atoms with Gasteiger partial charge in [0, 0.05) is 38.9 Å². The summed E-state index contributed by atoms with van der Waals surface area (Å²) in [5.41, 5.74) is 0.00157. The number of esters is 1. The molecule has 52 heavy (non-hydrogen) atoms. The molecule has 2 bridgehead atoms. The standard InChI is InChI=1S/C40H51N3O9/c1-5-7-16-32(45)41-30(26-49-3)35(27-14-10-8-11-15-27)51-39(48)33-31-21-22-40(52-31)34(33)37(46)43(24-12-9-13-25-44)36(40)38(47)42(23-6-2)28-17-19-29(50-4)20-18-28/h5-6,8,10-11,14-15,17-20,30-31,33-36,44H,1-2,7,9,12-13,16,21-26H2,3-4H3,(H,41,45)/t30-,31-,33+,34+,35-,36-,40+/m1/s1. The van der Waals surface area contributed by atoms with Gasteiger partial charge in [-0.15, -0.1) is 13.2 Å². The molecule has 2 N–H and O–H groups in total. The second kappa shape index (κ2) is 17.8. The minimum absolute atomic E-state index is 0.0213. The minimum atomic E-state index is -1.25. The highest BCUT2D eigenvalue weighted by Crippen LogP contribution is 2.59. The third-order valence-electron chi connectivity index (χ3n) is 10.3. The van der Waals surface area contributed by atoms with E-state index < -0.39 is 47.7 Å². The van der Waals surface area contributed by atoms with Crippen LogP contribution in [0, 0.1) is 11.8 Å². The number of hydrogen-bond donors (Lipinski definition) is 2. The van der Waals surface area contributed by atoms with E-state index in [1.807, 2.05) is 30.3 Å². The van der Waals surface area contributed by atoms with Crippen LogP contribution in [0.1, 0.15) is 56.6 Å². The maximum Gasteiger partial charge on any atom is 0.313 e. The molecule has 0 aromatic heterocycles. The van der Waals surface area contributed by atoms with Crippen LogP contribution in [0.25, 0.3) is 0 Å². The van der Waals surface area contributed by atoms with Crippen molar-refractivity contribution in [3.8, 4) is 5.75 Å². The lowest BCUT2D eigenvalue weighted by atomic mass is 9.70. The number of rotatable bonds is 20. The van der Waals surface area contributed by atoms with E-state index in [1.165, 1.54) is 7.11 Å². The number of anilines is 1. The fourth-order valence-corrected chi connectivity index (χ4v) is 8.00. The van der Waals surface area contributed by atoms with Gasteiger partial charge >= 0.3 is 5.97 Å². The summed E-state index contributed by atoms with van der Waals surface area (Å²) in [6.45, 7) is 8.09. The quantitative estimate of drug-likeness (QED) is 0.117. The Bertz CT molecular complexity index is 1570. The van der Waals surface area contributed by atoms with E-state index in [1.54, 1.807) is 53.3 Å². The van der Waals surface area contributed by atoms with E-state index in [0.29, 0.717) is 55.5 Å². The summed E-state index contributed by atoms with van der Waals surface area (Å²) in [6.07, 6.45) is 5.05. The molecule has 3 saturated heterocycles. The monoisotopic (exact) mass is 717 g/mol. The van der Waals surface area contributed by atoms with Crippen LogP contribution < -0.4 is 15.0 Å². The zero-order chi connectivity index (χ0) is 37.3. The fourth-order valence-electron chi connectivity index (χ4n) is 8.00. The number of hydrogen-bond acceptors (Lipinski definition) is 9. The van der Waals surface area contributed by atoms with Gasteiger partial charge in [0.1, 0.15) is 23.5 Å². The number of amides is 3. The van der Waals surface area contributed by atoms with Crippen molar-refractivity contribution in [3.63, 3.8) is 0 Å². The van der Waals surface area contributed by atoms with Crippen molar-refractivity contribution in [1.82, 2.24) is 10.2 Å². The maximum atomic E-state index is 14.8. The van der Waals surface area contributed by atoms with E-state index in [4.69, 9.17) is 18.9 Å². The second-order valence-electron chi connectivity index (χ2n) is 13.5. The molecule has 280 valence electrons. The highest BCUT2D eigenvalue weighted by Gasteiger charge is 2.75. The summed E-state index contributed by atoms with van der Waals surface area (Å²) < 4.78 is 23.8. The van der Waals surface area contributed by atoms with E-state index in [-0.39, 0.29) is 50.4 Å². The molecule has 0 aliphatic carbocycles. The van der Waals surface area contributed by atoms with E-state index >= 15 is 0 Å². The zero-order valence-electron chi connectivity index (χ0n) is 30.1. The Labute approximate surface area is 305 Å². The summed E-state index contributed by atoms with van der Waals surface area (Å²) in [4.78, 5) is 59.9. The number of ether oxygens (including phenoxy) is 4. The van der Waals surface area contributed by atoms with E-state index in [0.717, 1.165) is 0 Å². The molecular formula is C40H51N3O9. The average molecular weight is 718 g/mol. The summed E-state index contributed by atoms with van der Waals surface area (Å²) in [5.74, 6) is -2.83. The lowest BCUT2D eigenvalue weighted by molar-refractivity contribution is -0.163. The van der Waals surface area contributed by atoms with Crippen LogP contribution in [0.5, 0.6) is 5.75 Å². The van der Waals surface area contributed by atoms with Crippen LogP contribution in [-0.4, -0.2) is 98.0 Å². The maximum absolute atomic E-state index is 14.8. The molecule has 3 fully saturated rings. The number of aliphatic hydroxyl groups is 1. The van der Waals surface area contributed by atoms with Gasteiger partial charge in [0.25, 0.3) is 5.91 Å². The van der Waals surface area contributed by atoms with Crippen LogP contribution in [0.15, 0.2) is 79.9 Å². The Morgan fingerprint density at radius 1 is 1.08 bits per heavy atom. The molecule has 0 saturated carbocycles. The van der Waals surface area contributed by atoms with Crippen molar-refractivity contribution in [2.24, 2.45) is 11.8 Å². The van der Waals surface area contributed by atoms with Crippen molar-refractivity contribution >= 4 is 29.4 Å². The molecule has 3 aliphatic heterocycles. The third-order valence-corrected chi connectivity index (χ3v) is 10.3. The summed E-state index contributed by atoms with van der Waals surface area (Å²) in [7, 11) is 3.07. The Morgan fingerprint density at radius 3 is 2.48 bits per heavy atom. The van der Waals surface area contributed by atoms with E-state index in [9.17, 15) is 24.3 Å². The van der Waals surface area contributed by atoms with Gasteiger partial charge in [-0.3, -0.25) is 19.2 Å². The number of nitrogens with zero attached hydrogens (tertiary/aromatic N) is 2. The number of benzene rings is 2. The minimum Gasteiger partial charge on any atom is -0.497 e. The number of allylic oxidation sites excluding steroid dienone is 1. The Balaban J connectivity index is 1.48. The molecule has 0 unspecified atom stereocenters. The summed E-state index contributed by atoms with van der Waals surface area (Å²) in [6, 6.07) is 14.5. The van der Waals surface area contributed by atoms with Crippen molar-refractivity contribution in [1.29, 1.82) is 0 Å². The molecule has 0 radical (unpaired) electrons. The first-order valence-corrected chi connectivity index (χ1v) is 18.0. The van der Waals surface area contributed by atoms with Gasteiger partial charge in [-0.25, -0.2) is 0 Å². The van der Waals surface area contributed by atoms with Crippen molar-refractivity contribution in [2.45, 2.75) is 74.8 Å². The van der Waals surface area contributed by atoms with Crippen molar-refractivity contribution < 1.29 is 43.2 Å². The van der Waals surface area contributed by atoms with Crippen LogP contribution in [0.4, 0.5) is 5.69 Å². The smallest absolute Gasteiger partial charge is 0.313 e. The molecule has 3 amide bonds. The number of carbonyl (C=O) groups is 4. The highest BCUT2D eigenvalue weighted by molar-refractivity contribution is 6.04. The zero-order valence-corrected chi connectivity index (χ0v) is 30.1. The average Bonchev–Trinajstić information content (AvgIpc) is 3.81. The Kier molecular flexibility index (Phi) is 13.3. The van der Waals surface area contributed by atoms with Gasteiger partial charge < -0.3 is 39.2 Å². The first-order valence-electron chi connectivity index (χ1n) is 18.0. The van der Waals surface area contributed by atoms with Gasteiger partial charge in [-0.2, -0.15) is 0 Å². The number of aliphatic hydroxyl groups excluding tert-OH is 1. The molecular weight excluding hydrogens is 666 g/mol. The first-order chi connectivity index (χ1) is 25.2. The molecule has 3 heterocycles. The highest BCUT2D eigenvalue weighted by atomic mass is 16.6. The van der Waals surface area contributed by atoms with Crippen LogP contribution in [0.2, 0.25) is 0 Å². The van der Waals surface area contributed by atoms with Crippen molar-refractivity contribution in [2.75, 3.05) is 45.4 Å². The molecule has 1 spiro atoms. The first kappa shape index (κ1) is 38.7. The summed E-state index contributed by atoms with van der Waals surface area (Å²) >= 11 is 0. The SMILES string of the molecule is C=CCCC(=O)N[C@H](COC)[C@H](OC(=O)[C@@H]1[C@H]2C(=O)N(CCCCCO)[C@H](C(=O)N(CC=C)c3ccc(OC)cc3)[C@]23CC[C@H]1O3)c1ccccc1. The second-order valence-corrected chi connectivity index (χ2v) is 13.5. The molecule has 12 heteroatoms. The van der Waals surface area contributed by atoms with Gasteiger partial charge in [0.2, 0.25) is 11.8 Å². The van der Waals surface area contributed by atoms with Gasteiger partial charge in [-0.05, 0) is 68.4 Å². The normalized spacial score (nSPS) is 24.1. The largest absolute Gasteiger partial charge is 0.497 e. The number of carbonyl (C=O) groups excluding carboxylic acids is 4. The molecule has 7 atom stereocenters.